The molecular formula is C7H5ClN4O6. The number of hydrogen-bond donors (Lipinski definition) is 0. The smallest absolute Gasteiger partial charge is 0.258 e. The van der Waals surface area contributed by atoms with Crippen molar-refractivity contribution in [2.45, 2.75) is 0 Å². The van der Waals surface area contributed by atoms with Crippen molar-refractivity contribution in [3.05, 3.63) is 47.5 Å². The van der Waals surface area contributed by atoms with Gasteiger partial charge >= 0.3 is 11.4 Å². The first-order chi connectivity index (χ1) is 8.25. The molecule has 0 aliphatic carbocycles. The fourth-order valence-corrected chi connectivity index (χ4v) is 1.47. The number of nitro benzene ring substituents is 2. The Labute approximate surface area is 104 Å². The van der Waals surface area contributed by atoms with Crippen LogP contribution in [0.3, 0.4) is 0 Å². The van der Waals surface area contributed by atoms with Gasteiger partial charge in [-0.25, -0.2) is 10.1 Å². The highest BCUT2D eigenvalue weighted by molar-refractivity contribution is 6.31. The van der Waals surface area contributed by atoms with Crippen molar-refractivity contribution < 1.29 is 14.9 Å². The van der Waals surface area contributed by atoms with Gasteiger partial charge in [0, 0.05) is 12.1 Å². The molecule has 11 heteroatoms. The maximum absolute atomic E-state index is 10.8. The minimum Gasteiger partial charge on any atom is -0.258 e. The van der Waals surface area contributed by atoms with Gasteiger partial charge in [0.2, 0.25) is 0 Å². The zero-order chi connectivity index (χ0) is 14.0. The van der Waals surface area contributed by atoms with Crippen molar-refractivity contribution in [3.63, 3.8) is 0 Å². The minimum absolute atomic E-state index is 0.201. The molecule has 0 aliphatic rings. The average Bonchev–Trinajstić information content (AvgIpc) is 2.26. The van der Waals surface area contributed by atoms with Gasteiger partial charge in [-0.15, -0.1) is 0 Å². The first kappa shape index (κ1) is 13.6. The van der Waals surface area contributed by atoms with E-state index in [9.17, 15) is 30.3 Å². The third kappa shape index (κ3) is 2.43. The summed E-state index contributed by atoms with van der Waals surface area (Å²) in [6.45, 7) is 0. The molecule has 0 fully saturated rings. The number of halogens is 1. The highest BCUT2D eigenvalue weighted by atomic mass is 35.5. The van der Waals surface area contributed by atoms with Crippen molar-refractivity contribution in [3.8, 4) is 0 Å². The van der Waals surface area contributed by atoms with Gasteiger partial charge in [-0.1, -0.05) is 16.6 Å². The number of nitro groups is 3. The molecule has 0 heterocycles. The largest absolute Gasteiger partial charge is 0.307 e. The third-order valence-corrected chi connectivity index (χ3v) is 2.21. The van der Waals surface area contributed by atoms with Crippen LogP contribution in [0.1, 0.15) is 0 Å². The van der Waals surface area contributed by atoms with Crippen molar-refractivity contribution >= 4 is 28.7 Å². The van der Waals surface area contributed by atoms with Crippen molar-refractivity contribution in [1.82, 2.24) is 0 Å². The topological polar surface area (TPSA) is 133 Å². The molecule has 0 aliphatic heterocycles. The number of rotatable bonds is 4. The second-order valence-electron chi connectivity index (χ2n) is 3.07. The molecule has 18 heavy (non-hydrogen) atoms. The van der Waals surface area contributed by atoms with E-state index >= 15 is 0 Å². The van der Waals surface area contributed by atoms with E-state index < -0.39 is 31.9 Å². The summed E-state index contributed by atoms with van der Waals surface area (Å²) in [6.07, 6.45) is 0. The summed E-state index contributed by atoms with van der Waals surface area (Å²) in [5.41, 5.74) is -2.36. The lowest BCUT2D eigenvalue weighted by atomic mass is 10.2. The molecule has 0 unspecified atom stereocenters. The zero-order valence-electron chi connectivity index (χ0n) is 8.77. The van der Waals surface area contributed by atoms with Crippen LogP contribution in [-0.4, -0.2) is 21.9 Å². The van der Waals surface area contributed by atoms with Crippen LogP contribution >= 0.6 is 11.6 Å². The predicted octanol–water partition coefficient (Wildman–Crippen LogP) is 1.78. The highest BCUT2D eigenvalue weighted by Gasteiger charge is 2.34. The predicted molar refractivity (Wildman–Crippen MR) is 60.2 cm³/mol. The standard InChI is InChI=1S/C7H5ClN4O6/c1-9(12(17)18)7-5(10(13)14)2-4(8)3-6(7)11(15)16/h2-3H,1H3. The molecule has 10 nitrogen and oxygen atoms in total. The SMILES string of the molecule is CN(c1c([N+](=O)[O-])cc(Cl)cc1[N+](=O)[O-])[N+](=O)[O-]. The number of hydrogen-bond acceptors (Lipinski definition) is 6. The first-order valence-corrected chi connectivity index (χ1v) is 4.64. The summed E-state index contributed by atoms with van der Waals surface area (Å²) in [5.74, 6) is 0. The van der Waals surface area contributed by atoms with Crippen LogP contribution in [0.5, 0.6) is 0 Å². The Morgan fingerprint density at radius 1 is 1.06 bits per heavy atom. The van der Waals surface area contributed by atoms with Crippen LogP contribution in [0.2, 0.25) is 5.02 Å². The Bertz CT molecular complexity index is 512. The summed E-state index contributed by atoms with van der Waals surface area (Å²) < 4.78 is 0. The Balaban J connectivity index is 3.66. The third-order valence-electron chi connectivity index (χ3n) is 2.00. The molecule has 0 N–H and O–H groups in total. The quantitative estimate of drug-likeness (QED) is 0.604. The molecule has 0 amide bonds. The number of anilines is 1. The normalized spacial score (nSPS) is 9.89. The van der Waals surface area contributed by atoms with E-state index in [4.69, 9.17) is 11.6 Å². The summed E-state index contributed by atoms with van der Waals surface area (Å²) in [7, 11) is 0.864. The van der Waals surface area contributed by atoms with Gasteiger partial charge in [-0.05, 0) is 0 Å². The highest BCUT2D eigenvalue weighted by Crippen LogP contribution is 2.39. The Morgan fingerprint density at radius 3 is 1.72 bits per heavy atom. The lowest BCUT2D eigenvalue weighted by Crippen LogP contribution is -2.26. The van der Waals surface area contributed by atoms with E-state index in [2.05, 4.69) is 0 Å². The van der Waals surface area contributed by atoms with Crippen LogP contribution in [0.25, 0.3) is 0 Å². The van der Waals surface area contributed by atoms with E-state index in [-0.39, 0.29) is 10.0 Å². The van der Waals surface area contributed by atoms with Crippen molar-refractivity contribution in [1.29, 1.82) is 0 Å². The molecular weight excluding hydrogens is 272 g/mol. The summed E-state index contributed by atoms with van der Waals surface area (Å²) in [5, 5.41) is 31.0. The van der Waals surface area contributed by atoms with Gasteiger partial charge in [0.15, 0.2) is 5.03 Å². The Hall–Kier alpha value is -2.49. The van der Waals surface area contributed by atoms with Crippen LogP contribution < -0.4 is 5.01 Å². The van der Waals surface area contributed by atoms with Crippen LogP contribution in [-0.2, 0) is 0 Å². The van der Waals surface area contributed by atoms with Gasteiger partial charge in [0.1, 0.15) is 0 Å². The number of nitrogens with zero attached hydrogens (tertiary/aromatic N) is 4. The molecule has 0 saturated carbocycles. The first-order valence-electron chi connectivity index (χ1n) is 4.26. The molecule has 0 spiro atoms. The van der Waals surface area contributed by atoms with Gasteiger partial charge in [0.25, 0.3) is 5.69 Å². The number of benzene rings is 1. The van der Waals surface area contributed by atoms with Gasteiger partial charge in [-0.2, -0.15) is 0 Å². The van der Waals surface area contributed by atoms with E-state index in [0.717, 1.165) is 19.2 Å². The second kappa shape index (κ2) is 4.79. The Kier molecular flexibility index (Phi) is 3.61. The summed E-state index contributed by atoms with van der Waals surface area (Å²) >= 11 is 5.50. The molecule has 96 valence electrons. The molecule has 1 rings (SSSR count). The molecule has 0 aromatic heterocycles. The molecule has 0 atom stereocenters. The molecule has 0 radical (unpaired) electrons. The Morgan fingerprint density at radius 2 is 1.44 bits per heavy atom. The lowest BCUT2D eigenvalue weighted by molar-refractivity contribution is -0.493. The summed E-state index contributed by atoms with van der Waals surface area (Å²) in [4.78, 5) is 30.1. The monoisotopic (exact) mass is 276 g/mol. The maximum Gasteiger partial charge on any atom is 0.307 e. The van der Waals surface area contributed by atoms with Crippen LogP contribution in [0.15, 0.2) is 12.1 Å². The molecule has 0 saturated heterocycles. The van der Waals surface area contributed by atoms with Crippen LogP contribution in [0.4, 0.5) is 17.1 Å². The molecule has 0 bridgehead atoms. The molecule has 1 aromatic rings. The lowest BCUT2D eigenvalue weighted by Gasteiger charge is -2.09. The second-order valence-corrected chi connectivity index (χ2v) is 3.50. The zero-order valence-corrected chi connectivity index (χ0v) is 9.53. The average molecular weight is 277 g/mol. The number of hydrazine groups is 1. The van der Waals surface area contributed by atoms with Gasteiger partial charge < -0.3 is 0 Å². The summed E-state index contributed by atoms with van der Waals surface area (Å²) in [6, 6.07) is 1.62. The molecule has 1 aromatic carbocycles. The van der Waals surface area contributed by atoms with Crippen molar-refractivity contribution in [2.75, 3.05) is 12.1 Å². The maximum atomic E-state index is 10.8. The fourth-order valence-electron chi connectivity index (χ4n) is 1.26. The minimum atomic E-state index is -1.01. The van der Waals surface area contributed by atoms with E-state index in [1.165, 1.54) is 0 Å². The van der Waals surface area contributed by atoms with Crippen LogP contribution in [0, 0.1) is 30.3 Å². The van der Waals surface area contributed by atoms with Crippen molar-refractivity contribution in [2.24, 2.45) is 0 Å². The van der Waals surface area contributed by atoms with Gasteiger partial charge in [0.05, 0.1) is 21.9 Å². The van der Waals surface area contributed by atoms with E-state index in [0.29, 0.717) is 0 Å². The van der Waals surface area contributed by atoms with E-state index in [1.54, 1.807) is 0 Å². The fraction of sp³-hybridized carbons (Fsp3) is 0.143. The van der Waals surface area contributed by atoms with Gasteiger partial charge in [-0.3, -0.25) is 20.2 Å². The van der Waals surface area contributed by atoms with E-state index in [1.807, 2.05) is 0 Å².